The first-order valence-corrected chi connectivity index (χ1v) is 11.8. The summed E-state index contributed by atoms with van der Waals surface area (Å²) in [5, 5.41) is 17.4. The summed E-state index contributed by atoms with van der Waals surface area (Å²) < 4.78 is 4.02. The molecular weight excluding hydrogens is 408 g/mol. The van der Waals surface area contributed by atoms with Crippen LogP contribution in [0.25, 0.3) is 5.69 Å². The topological polar surface area (TPSA) is 77.6 Å². The number of carbonyl (C=O) groups excluding carboxylic acids is 1. The maximum absolute atomic E-state index is 12.8. The van der Waals surface area contributed by atoms with E-state index < -0.39 is 0 Å². The van der Waals surface area contributed by atoms with Crippen molar-refractivity contribution in [3.63, 3.8) is 0 Å². The van der Waals surface area contributed by atoms with E-state index >= 15 is 0 Å². The molecule has 164 valence electrons. The van der Waals surface area contributed by atoms with Crippen LogP contribution in [-0.4, -0.2) is 36.2 Å². The van der Waals surface area contributed by atoms with Crippen molar-refractivity contribution in [2.24, 2.45) is 0 Å². The molecule has 1 aliphatic rings. The van der Waals surface area contributed by atoms with E-state index in [-0.39, 0.29) is 17.1 Å². The third kappa shape index (κ3) is 4.84. The van der Waals surface area contributed by atoms with Crippen LogP contribution >= 0.6 is 11.8 Å². The number of nitrogens with zero attached hydrogens (tertiary/aromatic N) is 5. The minimum absolute atomic E-state index is 0.0843. The number of hydrogen-bond acceptors (Lipinski definition) is 5. The normalized spacial score (nSPS) is 14.3. The van der Waals surface area contributed by atoms with Crippen LogP contribution < -0.4 is 5.32 Å². The molecule has 0 saturated heterocycles. The first kappa shape index (κ1) is 21.6. The summed E-state index contributed by atoms with van der Waals surface area (Å²) in [6, 6.07) is 12.3. The van der Waals surface area contributed by atoms with Gasteiger partial charge in [0.1, 0.15) is 11.6 Å². The second-order valence-electron chi connectivity index (χ2n) is 9.35. The maximum atomic E-state index is 12.8. The number of rotatable bonds is 7. The zero-order chi connectivity index (χ0) is 22.2. The van der Waals surface area contributed by atoms with Gasteiger partial charge in [0.2, 0.25) is 5.91 Å². The Labute approximate surface area is 187 Å². The Bertz CT molecular complexity index is 1060. The SMILES string of the molecule is CC(C)c1nnc(SCC(=O)Nc2cc(C(C)(C)C)nn2-c2ccccc2)n1C1CC1. The Morgan fingerprint density at radius 3 is 2.52 bits per heavy atom. The molecule has 7 nitrogen and oxygen atoms in total. The van der Waals surface area contributed by atoms with Crippen LogP contribution in [0.1, 0.15) is 70.9 Å². The van der Waals surface area contributed by atoms with Gasteiger partial charge >= 0.3 is 0 Å². The number of aromatic nitrogens is 5. The molecule has 0 spiro atoms. The summed E-state index contributed by atoms with van der Waals surface area (Å²) in [6.45, 7) is 10.6. The fourth-order valence-electron chi connectivity index (χ4n) is 3.37. The first-order chi connectivity index (χ1) is 14.7. The number of nitrogens with one attached hydrogen (secondary N) is 1. The van der Waals surface area contributed by atoms with E-state index in [1.54, 1.807) is 4.68 Å². The molecule has 1 N–H and O–H groups in total. The summed E-state index contributed by atoms with van der Waals surface area (Å²) in [6.07, 6.45) is 2.31. The molecule has 1 saturated carbocycles. The molecule has 8 heteroatoms. The minimum Gasteiger partial charge on any atom is -0.310 e. The van der Waals surface area contributed by atoms with Crippen LogP contribution in [0.15, 0.2) is 41.6 Å². The van der Waals surface area contributed by atoms with Crippen LogP contribution in [0.5, 0.6) is 0 Å². The van der Waals surface area contributed by atoms with E-state index in [1.807, 2.05) is 36.4 Å². The maximum Gasteiger partial charge on any atom is 0.236 e. The number of thioether (sulfide) groups is 1. The van der Waals surface area contributed by atoms with Crippen molar-refractivity contribution in [3.8, 4) is 5.69 Å². The van der Waals surface area contributed by atoms with E-state index in [2.05, 4.69) is 54.7 Å². The number of benzene rings is 1. The minimum atomic E-state index is -0.123. The van der Waals surface area contributed by atoms with Crippen LogP contribution in [0.3, 0.4) is 0 Å². The first-order valence-electron chi connectivity index (χ1n) is 10.8. The van der Waals surface area contributed by atoms with E-state index in [4.69, 9.17) is 5.10 Å². The lowest BCUT2D eigenvalue weighted by atomic mass is 9.92. The molecule has 1 aromatic carbocycles. The van der Waals surface area contributed by atoms with Crippen molar-refractivity contribution in [1.82, 2.24) is 24.5 Å². The van der Waals surface area contributed by atoms with Crippen LogP contribution in [0.2, 0.25) is 0 Å². The van der Waals surface area contributed by atoms with Gasteiger partial charge in [0.05, 0.1) is 17.1 Å². The average molecular weight is 439 g/mol. The lowest BCUT2D eigenvalue weighted by Gasteiger charge is -2.14. The standard InChI is InChI=1S/C23H30N6OS/c1-15(2)21-25-26-22(28(21)16-11-12-16)31-14-20(30)24-19-13-18(23(3,4)5)27-29(19)17-9-7-6-8-10-17/h6-10,13,15-16H,11-12,14H2,1-5H3,(H,24,30). The quantitative estimate of drug-likeness (QED) is 0.528. The molecule has 0 atom stereocenters. The summed E-state index contributed by atoms with van der Waals surface area (Å²) in [7, 11) is 0. The van der Waals surface area contributed by atoms with Crippen molar-refractivity contribution in [3.05, 3.63) is 47.9 Å². The highest BCUT2D eigenvalue weighted by Crippen LogP contribution is 2.40. The van der Waals surface area contributed by atoms with E-state index in [1.165, 1.54) is 11.8 Å². The average Bonchev–Trinajstić information content (AvgIpc) is 3.31. The number of carbonyl (C=O) groups is 1. The summed E-state index contributed by atoms with van der Waals surface area (Å²) in [5.74, 6) is 2.18. The zero-order valence-electron chi connectivity index (χ0n) is 18.8. The second kappa shape index (κ2) is 8.49. The number of hydrogen-bond donors (Lipinski definition) is 1. The van der Waals surface area contributed by atoms with Crippen molar-refractivity contribution >= 4 is 23.5 Å². The highest BCUT2D eigenvalue weighted by atomic mass is 32.2. The van der Waals surface area contributed by atoms with Crippen molar-refractivity contribution < 1.29 is 4.79 Å². The molecule has 0 aliphatic heterocycles. The summed E-state index contributed by atoms with van der Waals surface area (Å²) in [5.41, 5.74) is 1.72. The lowest BCUT2D eigenvalue weighted by Crippen LogP contribution is -2.17. The van der Waals surface area contributed by atoms with Gasteiger partial charge in [-0.25, -0.2) is 4.68 Å². The van der Waals surface area contributed by atoms with Gasteiger partial charge in [-0.15, -0.1) is 10.2 Å². The Balaban J connectivity index is 1.51. The smallest absolute Gasteiger partial charge is 0.236 e. The van der Waals surface area contributed by atoms with Crippen molar-refractivity contribution in [1.29, 1.82) is 0 Å². The third-order valence-corrected chi connectivity index (χ3v) is 6.14. The highest BCUT2D eigenvalue weighted by molar-refractivity contribution is 7.99. The molecule has 2 aromatic heterocycles. The molecule has 1 aliphatic carbocycles. The third-order valence-electron chi connectivity index (χ3n) is 5.20. The molecule has 31 heavy (non-hydrogen) atoms. The van der Waals surface area contributed by atoms with E-state index in [0.29, 0.717) is 17.8 Å². The number of amides is 1. The zero-order valence-corrected chi connectivity index (χ0v) is 19.6. The van der Waals surface area contributed by atoms with E-state index in [0.717, 1.165) is 35.2 Å². The van der Waals surface area contributed by atoms with Crippen LogP contribution in [-0.2, 0) is 10.2 Å². The Kier molecular flexibility index (Phi) is 5.92. The van der Waals surface area contributed by atoms with Gasteiger partial charge < -0.3 is 9.88 Å². The molecule has 0 radical (unpaired) electrons. The fraction of sp³-hybridized carbons (Fsp3) is 0.478. The van der Waals surface area contributed by atoms with Crippen molar-refractivity contribution in [2.45, 2.75) is 70.0 Å². The Morgan fingerprint density at radius 1 is 1.19 bits per heavy atom. The van der Waals surface area contributed by atoms with Gasteiger partial charge in [0.25, 0.3) is 0 Å². The largest absolute Gasteiger partial charge is 0.310 e. The second-order valence-corrected chi connectivity index (χ2v) is 10.3. The number of para-hydroxylation sites is 1. The predicted molar refractivity (Wildman–Crippen MR) is 124 cm³/mol. The van der Waals surface area contributed by atoms with Gasteiger partial charge in [-0.05, 0) is 25.0 Å². The predicted octanol–water partition coefficient (Wildman–Crippen LogP) is 4.95. The molecule has 4 rings (SSSR count). The summed E-state index contributed by atoms with van der Waals surface area (Å²) in [4.78, 5) is 12.8. The molecule has 3 aromatic rings. The van der Waals surface area contributed by atoms with Gasteiger partial charge in [-0.1, -0.05) is 64.6 Å². The van der Waals surface area contributed by atoms with E-state index in [9.17, 15) is 4.79 Å². The van der Waals surface area contributed by atoms with Gasteiger partial charge in [0, 0.05) is 23.4 Å². The van der Waals surface area contributed by atoms with Crippen molar-refractivity contribution in [2.75, 3.05) is 11.1 Å². The van der Waals surface area contributed by atoms with Gasteiger partial charge in [-0.2, -0.15) is 5.10 Å². The molecule has 2 heterocycles. The lowest BCUT2D eigenvalue weighted by molar-refractivity contribution is -0.113. The molecule has 0 bridgehead atoms. The summed E-state index contributed by atoms with van der Waals surface area (Å²) >= 11 is 1.44. The molecule has 1 fully saturated rings. The fourth-order valence-corrected chi connectivity index (χ4v) is 4.18. The Morgan fingerprint density at radius 2 is 1.90 bits per heavy atom. The van der Waals surface area contributed by atoms with Gasteiger partial charge in [0.15, 0.2) is 5.16 Å². The van der Waals surface area contributed by atoms with Gasteiger partial charge in [-0.3, -0.25) is 4.79 Å². The van der Waals surface area contributed by atoms with Crippen LogP contribution in [0.4, 0.5) is 5.82 Å². The molecular formula is C23H30N6OS. The van der Waals surface area contributed by atoms with Crippen LogP contribution in [0, 0.1) is 0 Å². The Hall–Kier alpha value is -2.61. The molecule has 1 amide bonds. The molecule has 0 unspecified atom stereocenters. The monoisotopic (exact) mass is 438 g/mol. The highest BCUT2D eigenvalue weighted by Gasteiger charge is 2.30. The number of anilines is 1.